The van der Waals surface area contributed by atoms with Gasteiger partial charge in [0.05, 0.1) is 30.4 Å². The number of anilines is 1. The topological polar surface area (TPSA) is 87.7 Å². The predicted octanol–water partition coefficient (Wildman–Crippen LogP) is 0.948. The number of hydrogen-bond donors (Lipinski definition) is 3. The van der Waals surface area contributed by atoms with Gasteiger partial charge in [0.1, 0.15) is 0 Å². The zero-order chi connectivity index (χ0) is 14.5. The summed E-state index contributed by atoms with van der Waals surface area (Å²) in [6.07, 6.45) is 0. The molecule has 0 bridgehead atoms. The third-order valence-electron chi connectivity index (χ3n) is 3.30. The maximum Gasteiger partial charge on any atom is 0.337 e. The summed E-state index contributed by atoms with van der Waals surface area (Å²) >= 11 is 0. The zero-order valence-electron chi connectivity index (χ0n) is 11.3. The Morgan fingerprint density at radius 1 is 1.35 bits per heavy atom. The van der Waals surface area contributed by atoms with Gasteiger partial charge in [0, 0.05) is 6.04 Å². The normalized spacial score (nSPS) is 21.6. The number of para-hydroxylation sites is 1. The summed E-state index contributed by atoms with van der Waals surface area (Å²) in [4.78, 5) is 23.4. The van der Waals surface area contributed by atoms with Crippen LogP contribution in [0.3, 0.4) is 0 Å². The maximum absolute atomic E-state index is 12.3. The third kappa shape index (κ3) is 3.15. The number of carbonyl (C=O) groups is 2. The van der Waals surface area contributed by atoms with Gasteiger partial charge in [-0.15, -0.1) is 0 Å². The minimum absolute atomic E-state index is 0.0306. The van der Waals surface area contributed by atoms with Crippen LogP contribution in [0.1, 0.15) is 17.3 Å². The molecule has 6 heteroatoms. The second-order valence-electron chi connectivity index (χ2n) is 4.65. The minimum atomic E-state index is -1.06. The van der Waals surface area contributed by atoms with Gasteiger partial charge in [0.25, 0.3) is 0 Å². The Labute approximate surface area is 117 Å². The highest BCUT2D eigenvalue weighted by Crippen LogP contribution is 2.19. The SMILES string of the molecule is CCNC1COCC1C(=O)Nc1ccccc1C(=O)O. The number of ether oxygens (including phenoxy) is 1. The fourth-order valence-electron chi connectivity index (χ4n) is 2.28. The fraction of sp³-hybridized carbons (Fsp3) is 0.429. The molecule has 1 fully saturated rings. The molecule has 1 aromatic rings. The van der Waals surface area contributed by atoms with Gasteiger partial charge < -0.3 is 20.5 Å². The van der Waals surface area contributed by atoms with Crippen molar-refractivity contribution >= 4 is 17.6 Å². The Balaban J connectivity index is 2.10. The smallest absolute Gasteiger partial charge is 0.337 e. The molecular weight excluding hydrogens is 260 g/mol. The molecule has 3 N–H and O–H groups in total. The summed E-state index contributed by atoms with van der Waals surface area (Å²) < 4.78 is 5.32. The Kier molecular flexibility index (Phi) is 4.70. The van der Waals surface area contributed by atoms with Gasteiger partial charge in [-0.1, -0.05) is 19.1 Å². The summed E-state index contributed by atoms with van der Waals surface area (Å²) in [5, 5.41) is 15.0. The number of carboxylic acids is 1. The molecule has 1 aliphatic rings. The number of aromatic carboxylic acids is 1. The average molecular weight is 278 g/mol. The molecule has 0 aromatic heterocycles. The highest BCUT2D eigenvalue weighted by Gasteiger charge is 2.33. The van der Waals surface area contributed by atoms with Crippen LogP contribution in [0.15, 0.2) is 24.3 Å². The van der Waals surface area contributed by atoms with Crippen molar-refractivity contribution in [2.75, 3.05) is 25.1 Å². The van der Waals surface area contributed by atoms with Crippen molar-refractivity contribution < 1.29 is 19.4 Å². The lowest BCUT2D eigenvalue weighted by atomic mass is 10.0. The summed E-state index contributed by atoms with van der Waals surface area (Å²) in [5.41, 5.74) is 0.395. The average Bonchev–Trinajstić information content (AvgIpc) is 2.88. The molecule has 1 aliphatic heterocycles. The molecule has 0 spiro atoms. The number of carbonyl (C=O) groups excluding carboxylic acids is 1. The first-order valence-corrected chi connectivity index (χ1v) is 6.57. The Morgan fingerprint density at radius 2 is 2.10 bits per heavy atom. The number of hydrogen-bond acceptors (Lipinski definition) is 4. The van der Waals surface area contributed by atoms with E-state index in [-0.39, 0.29) is 23.4 Å². The highest BCUT2D eigenvalue weighted by atomic mass is 16.5. The van der Waals surface area contributed by atoms with E-state index in [9.17, 15) is 9.59 Å². The summed E-state index contributed by atoms with van der Waals surface area (Å²) in [6, 6.07) is 6.33. The van der Waals surface area contributed by atoms with Gasteiger partial charge in [0.15, 0.2) is 0 Å². The van der Waals surface area contributed by atoms with Gasteiger partial charge in [-0.2, -0.15) is 0 Å². The number of amides is 1. The van der Waals surface area contributed by atoms with Crippen molar-refractivity contribution in [3.8, 4) is 0 Å². The molecule has 2 atom stereocenters. The molecule has 1 saturated heterocycles. The van der Waals surface area contributed by atoms with Crippen LogP contribution >= 0.6 is 0 Å². The number of benzene rings is 1. The zero-order valence-corrected chi connectivity index (χ0v) is 11.3. The first-order valence-electron chi connectivity index (χ1n) is 6.57. The van der Waals surface area contributed by atoms with Crippen LogP contribution < -0.4 is 10.6 Å². The van der Waals surface area contributed by atoms with Crippen LogP contribution in [0.2, 0.25) is 0 Å². The van der Waals surface area contributed by atoms with Crippen molar-refractivity contribution in [1.29, 1.82) is 0 Å². The Morgan fingerprint density at radius 3 is 2.80 bits per heavy atom. The van der Waals surface area contributed by atoms with E-state index in [1.165, 1.54) is 6.07 Å². The molecule has 2 rings (SSSR count). The third-order valence-corrected chi connectivity index (χ3v) is 3.30. The maximum atomic E-state index is 12.3. The van der Waals surface area contributed by atoms with Crippen molar-refractivity contribution in [3.63, 3.8) is 0 Å². The van der Waals surface area contributed by atoms with E-state index in [1.807, 2.05) is 6.92 Å². The van der Waals surface area contributed by atoms with Crippen LogP contribution in [0.25, 0.3) is 0 Å². The molecule has 6 nitrogen and oxygen atoms in total. The van der Waals surface area contributed by atoms with Crippen molar-refractivity contribution in [3.05, 3.63) is 29.8 Å². The molecule has 1 heterocycles. The van der Waals surface area contributed by atoms with E-state index in [2.05, 4.69) is 10.6 Å². The van der Waals surface area contributed by atoms with E-state index in [0.29, 0.717) is 18.9 Å². The van der Waals surface area contributed by atoms with Crippen molar-refractivity contribution in [2.45, 2.75) is 13.0 Å². The number of rotatable bonds is 5. The Hall–Kier alpha value is -1.92. The highest BCUT2D eigenvalue weighted by molar-refractivity contribution is 6.01. The lowest BCUT2D eigenvalue weighted by Gasteiger charge is -2.18. The molecule has 0 aliphatic carbocycles. The molecule has 1 amide bonds. The van der Waals surface area contributed by atoms with Gasteiger partial charge >= 0.3 is 5.97 Å². The van der Waals surface area contributed by atoms with Crippen LogP contribution in [-0.4, -0.2) is 42.8 Å². The first-order chi connectivity index (χ1) is 9.63. The summed E-state index contributed by atoms with van der Waals surface area (Å²) in [6.45, 7) is 3.56. The molecule has 108 valence electrons. The first kappa shape index (κ1) is 14.5. The molecule has 2 unspecified atom stereocenters. The predicted molar refractivity (Wildman–Crippen MR) is 73.8 cm³/mol. The van der Waals surface area contributed by atoms with Gasteiger partial charge in [-0.3, -0.25) is 4.79 Å². The van der Waals surface area contributed by atoms with Crippen molar-refractivity contribution in [2.24, 2.45) is 5.92 Å². The van der Waals surface area contributed by atoms with E-state index < -0.39 is 5.97 Å². The standard InChI is InChI=1S/C14H18N2O4/c1-2-15-12-8-20-7-10(12)13(17)16-11-6-4-3-5-9(11)14(18)19/h3-6,10,12,15H,2,7-8H2,1H3,(H,16,17)(H,18,19). The minimum Gasteiger partial charge on any atom is -0.478 e. The van der Waals surface area contributed by atoms with E-state index in [4.69, 9.17) is 9.84 Å². The lowest BCUT2D eigenvalue weighted by Crippen LogP contribution is -2.41. The number of likely N-dealkylation sites (N-methyl/N-ethyl adjacent to an activating group) is 1. The van der Waals surface area contributed by atoms with Crippen LogP contribution in [0.4, 0.5) is 5.69 Å². The van der Waals surface area contributed by atoms with Gasteiger partial charge in [-0.05, 0) is 18.7 Å². The molecule has 0 radical (unpaired) electrons. The largest absolute Gasteiger partial charge is 0.478 e. The lowest BCUT2D eigenvalue weighted by molar-refractivity contribution is -0.120. The van der Waals surface area contributed by atoms with E-state index in [0.717, 1.165) is 6.54 Å². The van der Waals surface area contributed by atoms with Crippen LogP contribution in [0.5, 0.6) is 0 Å². The Bertz CT molecular complexity index is 504. The number of carboxylic acid groups (broad SMARTS) is 1. The molecular formula is C14H18N2O4. The van der Waals surface area contributed by atoms with Crippen molar-refractivity contribution in [1.82, 2.24) is 5.32 Å². The van der Waals surface area contributed by atoms with Gasteiger partial charge in [0.2, 0.25) is 5.91 Å². The van der Waals surface area contributed by atoms with Crippen LogP contribution in [0, 0.1) is 5.92 Å². The summed E-state index contributed by atoms with van der Waals surface area (Å²) in [7, 11) is 0. The van der Waals surface area contributed by atoms with E-state index in [1.54, 1.807) is 18.2 Å². The van der Waals surface area contributed by atoms with Gasteiger partial charge in [-0.25, -0.2) is 4.79 Å². The molecule has 20 heavy (non-hydrogen) atoms. The fourth-order valence-corrected chi connectivity index (χ4v) is 2.28. The second-order valence-corrected chi connectivity index (χ2v) is 4.65. The summed E-state index contributed by atoms with van der Waals surface area (Å²) in [5.74, 6) is -1.59. The van der Waals surface area contributed by atoms with E-state index >= 15 is 0 Å². The molecule has 1 aromatic carbocycles. The monoisotopic (exact) mass is 278 g/mol. The molecule has 0 saturated carbocycles. The number of nitrogens with one attached hydrogen (secondary N) is 2. The quantitative estimate of drug-likeness (QED) is 0.746. The van der Waals surface area contributed by atoms with Crippen LogP contribution in [-0.2, 0) is 9.53 Å². The second kappa shape index (κ2) is 6.49.